The summed E-state index contributed by atoms with van der Waals surface area (Å²) in [6, 6.07) is 5.15. The third-order valence-electron chi connectivity index (χ3n) is 5.57. The zero-order valence-corrected chi connectivity index (χ0v) is 15.5. The fourth-order valence-electron chi connectivity index (χ4n) is 4.24. The lowest BCUT2D eigenvalue weighted by Gasteiger charge is -2.31. The molecule has 0 aromatic heterocycles. The molecule has 0 unspecified atom stereocenters. The Morgan fingerprint density at radius 2 is 2.04 bits per heavy atom. The minimum absolute atomic E-state index is 0.0894. The number of likely N-dealkylation sites (tertiary alicyclic amines) is 1. The average Bonchev–Trinajstić information content (AvgIpc) is 3.27. The smallest absolute Gasteiger partial charge is 0.321 e. The topological polar surface area (TPSA) is 77.1 Å². The van der Waals surface area contributed by atoms with Crippen LogP contribution in [0, 0.1) is 23.7 Å². The van der Waals surface area contributed by atoms with Gasteiger partial charge in [0.1, 0.15) is 0 Å². The molecular formula is C20H24N2O5. The van der Waals surface area contributed by atoms with Gasteiger partial charge in [0.2, 0.25) is 6.79 Å². The highest BCUT2D eigenvalue weighted by atomic mass is 16.7. The monoisotopic (exact) mass is 372 g/mol. The Kier molecular flexibility index (Phi) is 4.68. The van der Waals surface area contributed by atoms with Crippen molar-refractivity contribution in [3.05, 3.63) is 30.4 Å². The van der Waals surface area contributed by atoms with Crippen LogP contribution in [-0.4, -0.2) is 43.4 Å². The van der Waals surface area contributed by atoms with Crippen LogP contribution in [0.15, 0.2) is 30.4 Å². The van der Waals surface area contributed by atoms with Crippen LogP contribution in [0.5, 0.6) is 11.5 Å². The lowest BCUT2D eigenvalue weighted by molar-refractivity contribution is -0.152. The molecule has 2 aliphatic heterocycles. The first-order chi connectivity index (χ1) is 13.1. The summed E-state index contributed by atoms with van der Waals surface area (Å²) in [7, 11) is 0. The van der Waals surface area contributed by atoms with Gasteiger partial charge in [-0.05, 0) is 36.8 Å². The maximum absolute atomic E-state index is 12.7. The number of urea groups is 1. The van der Waals surface area contributed by atoms with Gasteiger partial charge in [0, 0.05) is 24.8 Å². The summed E-state index contributed by atoms with van der Waals surface area (Å²) in [5.41, 5.74) is 0.657. The average molecular weight is 372 g/mol. The normalized spacial score (nSPS) is 28.0. The van der Waals surface area contributed by atoms with Crippen LogP contribution in [0.25, 0.3) is 0 Å². The van der Waals surface area contributed by atoms with Gasteiger partial charge >= 0.3 is 12.0 Å². The van der Waals surface area contributed by atoms with Crippen molar-refractivity contribution in [3.8, 4) is 11.5 Å². The number of anilines is 1. The molecule has 1 fully saturated rings. The molecule has 1 aromatic rings. The van der Waals surface area contributed by atoms with E-state index >= 15 is 0 Å². The lowest BCUT2D eigenvalue weighted by atomic mass is 9.72. The minimum Gasteiger partial charge on any atom is -0.466 e. The van der Waals surface area contributed by atoms with E-state index in [1.165, 1.54) is 0 Å². The Labute approximate surface area is 158 Å². The second-order valence-electron chi connectivity index (χ2n) is 7.25. The molecule has 1 saturated heterocycles. The Morgan fingerprint density at radius 3 is 2.85 bits per heavy atom. The summed E-state index contributed by atoms with van der Waals surface area (Å²) in [5.74, 6) is 1.32. The van der Waals surface area contributed by atoms with Crippen molar-refractivity contribution in [1.82, 2.24) is 4.90 Å². The van der Waals surface area contributed by atoms with Crippen molar-refractivity contribution in [2.24, 2.45) is 23.7 Å². The molecule has 2 heterocycles. The Hall–Kier alpha value is -2.70. The number of esters is 1. The van der Waals surface area contributed by atoms with Gasteiger partial charge in [-0.15, -0.1) is 0 Å². The number of fused-ring (bicyclic) bond motifs is 2. The first-order valence-electron chi connectivity index (χ1n) is 9.37. The van der Waals surface area contributed by atoms with Crippen molar-refractivity contribution >= 4 is 17.7 Å². The largest absolute Gasteiger partial charge is 0.466 e. The van der Waals surface area contributed by atoms with Crippen LogP contribution in [0.3, 0.4) is 0 Å². The van der Waals surface area contributed by atoms with Gasteiger partial charge in [0.05, 0.1) is 12.5 Å². The standard InChI is InChI=1S/C20H24N2O5/c1-3-25-19(23)18-12(2)4-5-13-9-22(10-15(13)18)20(24)21-14-6-7-16-17(8-14)27-11-26-16/h4-8,12-13,15,18H,3,9-11H2,1-2H3,(H,21,24)/t12-,13-,15+,18+/m0/s1. The molecule has 0 spiro atoms. The summed E-state index contributed by atoms with van der Waals surface area (Å²) < 4.78 is 15.9. The molecular weight excluding hydrogens is 348 g/mol. The molecule has 7 nitrogen and oxygen atoms in total. The summed E-state index contributed by atoms with van der Waals surface area (Å²) >= 11 is 0. The number of benzene rings is 1. The van der Waals surface area contributed by atoms with E-state index in [1.807, 2.05) is 13.8 Å². The SMILES string of the molecule is CCOC(=O)[C@H]1[C@@H]2CN(C(=O)Nc3ccc4c(c3)OCO4)C[C@@H]2C=C[C@@H]1C. The lowest BCUT2D eigenvalue weighted by Crippen LogP contribution is -2.38. The highest BCUT2D eigenvalue weighted by Crippen LogP contribution is 2.40. The summed E-state index contributed by atoms with van der Waals surface area (Å²) in [4.78, 5) is 26.9. The van der Waals surface area contributed by atoms with Gasteiger partial charge in [-0.1, -0.05) is 19.1 Å². The summed E-state index contributed by atoms with van der Waals surface area (Å²) in [6.07, 6.45) is 4.21. The first kappa shape index (κ1) is 17.7. The third-order valence-corrected chi connectivity index (χ3v) is 5.57. The number of carbonyl (C=O) groups is 2. The number of hydrogen-bond donors (Lipinski definition) is 1. The zero-order chi connectivity index (χ0) is 19.0. The van der Waals surface area contributed by atoms with Crippen LogP contribution in [0.2, 0.25) is 0 Å². The molecule has 7 heteroatoms. The van der Waals surface area contributed by atoms with Crippen molar-refractivity contribution < 1.29 is 23.8 Å². The second kappa shape index (κ2) is 7.13. The highest BCUT2D eigenvalue weighted by Gasteiger charge is 2.46. The van der Waals surface area contributed by atoms with Gasteiger partial charge in [-0.3, -0.25) is 4.79 Å². The number of ether oxygens (including phenoxy) is 3. The maximum atomic E-state index is 12.7. The van der Waals surface area contributed by atoms with Gasteiger partial charge in [0.15, 0.2) is 11.5 Å². The van der Waals surface area contributed by atoms with Crippen molar-refractivity contribution in [3.63, 3.8) is 0 Å². The fraction of sp³-hybridized carbons (Fsp3) is 0.500. The molecule has 1 aromatic carbocycles. The maximum Gasteiger partial charge on any atom is 0.321 e. The van der Waals surface area contributed by atoms with Crippen molar-refractivity contribution in [2.45, 2.75) is 13.8 Å². The Bertz CT molecular complexity index is 778. The van der Waals surface area contributed by atoms with Gasteiger partial charge in [-0.2, -0.15) is 0 Å². The Balaban J connectivity index is 1.44. The quantitative estimate of drug-likeness (QED) is 0.652. The summed E-state index contributed by atoms with van der Waals surface area (Å²) in [5, 5.41) is 2.91. The number of hydrogen-bond acceptors (Lipinski definition) is 5. The van der Waals surface area contributed by atoms with E-state index in [1.54, 1.807) is 23.1 Å². The highest BCUT2D eigenvalue weighted by molar-refractivity contribution is 5.90. The molecule has 0 radical (unpaired) electrons. The number of nitrogens with one attached hydrogen (secondary N) is 1. The van der Waals surface area contributed by atoms with E-state index in [-0.39, 0.29) is 42.5 Å². The molecule has 2 amide bonds. The predicted octanol–water partition coefficient (Wildman–Crippen LogP) is 2.88. The number of carbonyl (C=O) groups excluding carboxylic acids is 2. The molecule has 1 aliphatic carbocycles. The molecule has 4 rings (SSSR count). The van der Waals surface area contributed by atoms with Crippen LogP contribution in [0.1, 0.15) is 13.8 Å². The molecule has 144 valence electrons. The summed E-state index contributed by atoms with van der Waals surface area (Å²) in [6.45, 7) is 5.56. The van der Waals surface area contributed by atoms with E-state index in [9.17, 15) is 9.59 Å². The van der Waals surface area contributed by atoms with Crippen LogP contribution >= 0.6 is 0 Å². The first-order valence-corrected chi connectivity index (χ1v) is 9.37. The van der Waals surface area contributed by atoms with Gasteiger partial charge in [-0.25, -0.2) is 4.79 Å². The molecule has 3 aliphatic rings. The third kappa shape index (κ3) is 3.34. The zero-order valence-electron chi connectivity index (χ0n) is 15.5. The molecule has 0 bridgehead atoms. The van der Waals surface area contributed by atoms with Crippen molar-refractivity contribution in [2.75, 3.05) is 31.8 Å². The molecule has 0 saturated carbocycles. The number of allylic oxidation sites excluding steroid dienone is 1. The number of nitrogens with zero attached hydrogens (tertiary/aromatic N) is 1. The van der Waals surface area contributed by atoms with E-state index in [4.69, 9.17) is 14.2 Å². The van der Waals surface area contributed by atoms with E-state index in [0.29, 0.717) is 36.9 Å². The van der Waals surface area contributed by atoms with Gasteiger partial charge in [0.25, 0.3) is 0 Å². The molecule has 4 atom stereocenters. The second-order valence-corrected chi connectivity index (χ2v) is 7.25. The van der Waals surface area contributed by atoms with E-state index < -0.39 is 0 Å². The van der Waals surface area contributed by atoms with Crippen LogP contribution in [0.4, 0.5) is 10.5 Å². The van der Waals surface area contributed by atoms with E-state index in [2.05, 4.69) is 17.5 Å². The van der Waals surface area contributed by atoms with Crippen LogP contribution in [-0.2, 0) is 9.53 Å². The minimum atomic E-state index is -0.205. The number of rotatable bonds is 3. The molecule has 1 N–H and O–H groups in total. The van der Waals surface area contributed by atoms with Crippen molar-refractivity contribution in [1.29, 1.82) is 0 Å². The van der Waals surface area contributed by atoms with Crippen LogP contribution < -0.4 is 14.8 Å². The number of amides is 2. The fourth-order valence-corrected chi connectivity index (χ4v) is 4.24. The Morgan fingerprint density at radius 1 is 1.22 bits per heavy atom. The predicted molar refractivity (Wildman–Crippen MR) is 98.6 cm³/mol. The molecule has 27 heavy (non-hydrogen) atoms. The van der Waals surface area contributed by atoms with E-state index in [0.717, 1.165) is 0 Å². The van der Waals surface area contributed by atoms with Gasteiger partial charge < -0.3 is 24.4 Å².